The average Bonchev–Trinajstić information content (AvgIpc) is 3.51. The summed E-state index contributed by atoms with van der Waals surface area (Å²) in [5, 5.41) is 12.9. The van der Waals surface area contributed by atoms with Gasteiger partial charge in [0.15, 0.2) is 6.61 Å². The van der Waals surface area contributed by atoms with Crippen molar-refractivity contribution >= 4 is 40.8 Å². The number of amides is 1. The molecule has 168 valence electrons. The van der Waals surface area contributed by atoms with Gasteiger partial charge in [-0.3, -0.25) is 9.59 Å². The minimum Gasteiger partial charge on any atom is -0.454 e. The van der Waals surface area contributed by atoms with Gasteiger partial charge in [-0.1, -0.05) is 20.8 Å². The maximum Gasteiger partial charge on any atom is 0.340 e. The Kier molecular flexibility index (Phi) is 7.36. The third-order valence-corrected chi connectivity index (χ3v) is 6.71. The number of nitrogens with one attached hydrogen (secondary N) is 1. The third kappa shape index (κ3) is 5.75. The number of thiophene rings is 1. The molecule has 32 heavy (non-hydrogen) atoms. The molecule has 1 fully saturated rings. The van der Waals surface area contributed by atoms with E-state index in [0.29, 0.717) is 22.4 Å². The van der Waals surface area contributed by atoms with Gasteiger partial charge in [-0.05, 0) is 37.3 Å². The Balaban J connectivity index is 1.64. The number of thioether (sulfide) groups is 1. The molecular weight excluding hydrogens is 446 g/mol. The number of hydrogen-bond donors (Lipinski definition) is 1. The fourth-order valence-corrected chi connectivity index (χ4v) is 4.31. The molecule has 0 radical (unpaired) electrons. The van der Waals surface area contributed by atoms with E-state index < -0.39 is 18.0 Å². The minimum absolute atomic E-state index is 0.0754. The molecule has 1 aliphatic carbocycles. The topological polar surface area (TPSA) is 109 Å². The fourth-order valence-electron chi connectivity index (χ4n) is 2.88. The number of aromatic nitrogens is 1. The highest BCUT2D eigenvalue weighted by Crippen LogP contribution is 2.40. The summed E-state index contributed by atoms with van der Waals surface area (Å²) in [6, 6.07) is 7.08. The lowest BCUT2D eigenvalue weighted by Crippen LogP contribution is -2.34. The van der Waals surface area contributed by atoms with Crippen molar-refractivity contribution in [2.24, 2.45) is 5.41 Å². The van der Waals surface area contributed by atoms with Gasteiger partial charge in [-0.15, -0.1) is 23.1 Å². The molecular formula is C23H25N3O4S2. The number of carbonyl (C=O) groups excluding carboxylic acids is 3. The van der Waals surface area contributed by atoms with E-state index in [2.05, 4.69) is 10.3 Å². The molecule has 0 unspecified atom stereocenters. The van der Waals surface area contributed by atoms with Crippen LogP contribution in [0.2, 0.25) is 0 Å². The zero-order valence-corrected chi connectivity index (χ0v) is 20.1. The van der Waals surface area contributed by atoms with Gasteiger partial charge in [-0.2, -0.15) is 5.26 Å². The molecule has 1 saturated carbocycles. The Morgan fingerprint density at radius 3 is 2.62 bits per heavy atom. The van der Waals surface area contributed by atoms with Crippen LogP contribution in [0.5, 0.6) is 0 Å². The van der Waals surface area contributed by atoms with Crippen LogP contribution in [0.25, 0.3) is 0 Å². The second kappa shape index (κ2) is 9.84. The number of esters is 1. The summed E-state index contributed by atoms with van der Waals surface area (Å²) in [5.41, 5.74) is 0.618. The Morgan fingerprint density at radius 2 is 2.03 bits per heavy atom. The molecule has 0 atom stereocenters. The van der Waals surface area contributed by atoms with Crippen LogP contribution in [0.3, 0.4) is 0 Å². The lowest BCUT2D eigenvalue weighted by Gasteiger charge is -2.17. The molecule has 2 aromatic heterocycles. The number of ketones is 1. The molecule has 9 heteroatoms. The van der Waals surface area contributed by atoms with Gasteiger partial charge in [0, 0.05) is 21.9 Å². The van der Waals surface area contributed by atoms with Crippen molar-refractivity contribution in [3.63, 3.8) is 0 Å². The Bertz CT molecular complexity index is 1090. The molecule has 7 nitrogen and oxygen atoms in total. The van der Waals surface area contributed by atoms with Crippen molar-refractivity contribution < 1.29 is 19.1 Å². The zero-order chi connectivity index (χ0) is 23.5. The SMILES string of the molecule is CSc1nc(C2CC2)cc(C(=O)OCC(=O)c2ccc(CNC(=O)C(C)(C)C)s2)c1C#N. The summed E-state index contributed by atoms with van der Waals surface area (Å²) < 4.78 is 5.25. The van der Waals surface area contributed by atoms with E-state index in [-0.39, 0.29) is 22.8 Å². The van der Waals surface area contributed by atoms with Gasteiger partial charge < -0.3 is 10.1 Å². The molecule has 1 amide bonds. The Morgan fingerprint density at radius 1 is 1.31 bits per heavy atom. The third-order valence-electron chi connectivity index (χ3n) is 4.90. The first kappa shape index (κ1) is 24.0. The summed E-state index contributed by atoms with van der Waals surface area (Å²) in [5.74, 6) is -0.806. The van der Waals surface area contributed by atoms with Crippen LogP contribution in [0.1, 0.15) is 75.7 Å². The van der Waals surface area contributed by atoms with Crippen LogP contribution in [-0.2, 0) is 16.1 Å². The average molecular weight is 472 g/mol. The first-order valence-corrected chi connectivity index (χ1v) is 12.2. The normalized spacial score (nSPS) is 13.3. The lowest BCUT2D eigenvalue weighted by atomic mass is 9.96. The molecule has 0 saturated heterocycles. The molecule has 0 spiro atoms. The number of ether oxygens (including phenoxy) is 1. The van der Waals surface area contributed by atoms with Crippen LogP contribution in [0, 0.1) is 16.7 Å². The van der Waals surface area contributed by atoms with Crippen molar-refractivity contribution in [2.45, 2.75) is 51.1 Å². The number of Topliss-reactive ketones (excluding diaryl/α,β-unsaturated/α-hetero) is 1. The second-order valence-electron chi connectivity index (χ2n) is 8.56. The largest absolute Gasteiger partial charge is 0.454 e. The number of hydrogen-bond acceptors (Lipinski definition) is 8. The number of pyridine rings is 1. The van der Waals surface area contributed by atoms with E-state index in [1.807, 2.05) is 26.8 Å². The van der Waals surface area contributed by atoms with E-state index >= 15 is 0 Å². The van der Waals surface area contributed by atoms with E-state index in [0.717, 1.165) is 23.4 Å². The monoisotopic (exact) mass is 471 g/mol. The Hall–Kier alpha value is -2.70. The van der Waals surface area contributed by atoms with Crippen LogP contribution < -0.4 is 5.32 Å². The first-order chi connectivity index (χ1) is 15.1. The smallest absolute Gasteiger partial charge is 0.340 e. The van der Waals surface area contributed by atoms with Crippen molar-refractivity contribution in [1.29, 1.82) is 5.26 Å². The maximum atomic E-state index is 12.7. The Labute approximate surface area is 195 Å². The van der Waals surface area contributed by atoms with E-state index in [4.69, 9.17) is 4.74 Å². The number of nitriles is 1. The molecule has 3 rings (SSSR count). The summed E-state index contributed by atoms with van der Waals surface area (Å²) >= 11 is 2.55. The highest BCUT2D eigenvalue weighted by molar-refractivity contribution is 7.98. The summed E-state index contributed by atoms with van der Waals surface area (Å²) in [6.45, 7) is 5.40. The van der Waals surface area contributed by atoms with E-state index in [1.54, 1.807) is 24.5 Å². The summed E-state index contributed by atoms with van der Waals surface area (Å²) in [6.07, 6.45) is 3.82. The number of carbonyl (C=O) groups is 3. The van der Waals surface area contributed by atoms with Crippen molar-refractivity contribution in [3.05, 3.63) is 44.8 Å². The maximum absolute atomic E-state index is 12.7. The number of nitrogens with zero attached hydrogens (tertiary/aromatic N) is 2. The number of rotatable bonds is 8. The molecule has 1 aliphatic rings. The quantitative estimate of drug-likeness (QED) is 0.347. The van der Waals surface area contributed by atoms with Gasteiger partial charge in [0.2, 0.25) is 11.7 Å². The predicted octanol–water partition coefficient (Wildman–Crippen LogP) is 4.32. The van der Waals surface area contributed by atoms with Gasteiger partial charge in [0.05, 0.1) is 22.5 Å². The van der Waals surface area contributed by atoms with Gasteiger partial charge >= 0.3 is 5.97 Å². The van der Waals surface area contributed by atoms with Crippen LogP contribution >= 0.6 is 23.1 Å². The molecule has 1 N–H and O–H groups in total. The molecule has 2 heterocycles. The van der Waals surface area contributed by atoms with Crippen LogP contribution in [0.4, 0.5) is 0 Å². The van der Waals surface area contributed by atoms with Crippen LogP contribution in [-0.4, -0.2) is 35.5 Å². The predicted molar refractivity (Wildman–Crippen MR) is 123 cm³/mol. The first-order valence-electron chi connectivity index (χ1n) is 10.2. The van der Waals surface area contributed by atoms with E-state index in [9.17, 15) is 19.6 Å². The highest BCUT2D eigenvalue weighted by Gasteiger charge is 2.29. The molecule has 0 aliphatic heterocycles. The minimum atomic E-state index is -0.705. The molecule has 0 aromatic carbocycles. The van der Waals surface area contributed by atoms with Gasteiger partial charge in [0.25, 0.3) is 0 Å². The van der Waals surface area contributed by atoms with Crippen molar-refractivity contribution in [2.75, 3.05) is 12.9 Å². The lowest BCUT2D eigenvalue weighted by molar-refractivity contribution is -0.128. The molecule has 0 bridgehead atoms. The van der Waals surface area contributed by atoms with Crippen molar-refractivity contribution in [3.8, 4) is 6.07 Å². The summed E-state index contributed by atoms with van der Waals surface area (Å²) in [4.78, 5) is 43.0. The van der Waals surface area contributed by atoms with Gasteiger partial charge in [-0.25, -0.2) is 9.78 Å². The molecule has 2 aromatic rings. The highest BCUT2D eigenvalue weighted by atomic mass is 32.2. The van der Waals surface area contributed by atoms with Crippen molar-refractivity contribution in [1.82, 2.24) is 10.3 Å². The fraction of sp³-hybridized carbons (Fsp3) is 0.435. The zero-order valence-electron chi connectivity index (χ0n) is 18.5. The van der Waals surface area contributed by atoms with E-state index in [1.165, 1.54) is 23.1 Å². The second-order valence-corrected chi connectivity index (χ2v) is 10.5. The summed E-state index contributed by atoms with van der Waals surface area (Å²) in [7, 11) is 0. The standard InChI is InChI=1S/C23H25N3O4S2/c1-23(2,3)22(29)25-11-14-7-8-19(32-14)18(27)12-30-21(28)15-9-17(13-5-6-13)26-20(31-4)16(15)10-24/h7-9,13H,5-6,11-12H2,1-4H3,(H,25,29). The van der Waals surface area contributed by atoms with Gasteiger partial charge in [0.1, 0.15) is 11.1 Å². The van der Waals surface area contributed by atoms with Crippen LogP contribution in [0.15, 0.2) is 23.2 Å².